The Labute approximate surface area is 488 Å². The highest BCUT2D eigenvalue weighted by molar-refractivity contribution is 5.71. The van der Waals surface area contributed by atoms with E-state index in [0.29, 0.717) is 19.3 Å². The molecule has 0 rings (SSSR count). The van der Waals surface area contributed by atoms with E-state index in [2.05, 4.69) is 20.8 Å². The molecule has 0 aliphatic carbocycles. The zero-order chi connectivity index (χ0) is 56.4. The Hall–Kier alpha value is -1.59. The Balaban J connectivity index is 3.97. The Morgan fingerprint density at radius 3 is 0.513 bits per heavy atom. The lowest BCUT2D eigenvalue weighted by molar-refractivity contribution is -0.167. The molecule has 0 heterocycles. The third-order valence-electron chi connectivity index (χ3n) is 16.9. The highest BCUT2D eigenvalue weighted by Gasteiger charge is 2.20. The first-order valence-electron chi connectivity index (χ1n) is 36.0. The van der Waals surface area contributed by atoms with Crippen molar-refractivity contribution in [1.82, 2.24) is 0 Å². The van der Waals surface area contributed by atoms with Crippen LogP contribution in [0.4, 0.5) is 0 Å². The Morgan fingerprint density at radius 1 is 0.205 bits per heavy atom. The van der Waals surface area contributed by atoms with Gasteiger partial charge in [-0.15, -0.1) is 0 Å². The molecule has 1 atom stereocenters. The summed E-state index contributed by atoms with van der Waals surface area (Å²) in [6.07, 6.45) is 80.3. The van der Waals surface area contributed by atoms with Gasteiger partial charge in [0.25, 0.3) is 0 Å². The molecule has 0 aliphatic heterocycles. The average molecular weight is 1100 g/mol. The molecule has 0 saturated carbocycles. The van der Waals surface area contributed by atoms with E-state index in [4.69, 9.17) is 14.2 Å². The van der Waals surface area contributed by atoms with Gasteiger partial charge in [0.15, 0.2) is 6.10 Å². The quantitative estimate of drug-likeness (QED) is 0.0343. The van der Waals surface area contributed by atoms with Crippen molar-refractivity contribution in [2.45, 2.75) is 431 Å². The lowest BCUT2D eigenvalue weighted by Crippen LogP contribution is -2.30. The van der Waals surface area contributed by atoms with Gasteiger partial charge in [-0.25, -0.2) is 0 Å². The zero-order valence-corrected chi connectivity index (χ0v) is 53.5. The standard InChI is InChI=1S/C72H140O6/c1-4-7-10-13-16-19-22-24-26-28-29-30-31-32-33-34-35-36-37-38-39-40-41-42-43-44-45-47-48-50-53-56-59-62-65-71(74)77-68-69(67-76-70(73)64-61-58-55-52-21-18-15-12-9-6-3)78-72(75)66-63-60-57-54-51-49-46-27-25-23-20-17-14-11-8-5-2/h69H,4-68H2,1-3H3. The number of carbonyl (C=O) groups excluding carboxylic acids is 3. The van der Waals surface area contributed by atoms with Crippen LogP contribution in [0.1, 0.15) is 425 Å². The van der Waals surface area contributed by atoms with Crippen LogP contribution in [-0.4, -0.2) is 37.2 Å². The van der Waals surface area contributed by atoms with Gasteiger partial charge in [0.1, 0.15) is 13.2 Å². The summed E-state index contributed by atoms with van der Waals surface area (Å²) in [4.78, 5) is 38.2. The fourth-order valence-corrected chi connectivity index (χ4v) is 11.5. The van der Waals surface area contributed by atoms with E-state index in [1.165, 1.54) is 327 Å². The van der Waals surface area contributed by atoms with E-state index in [1.54, 1.807) is 0 Å². The van der Waals surface area contributed by atoms with Crippen LogP contribution in [0.3, 0.4) is 0 Å². The van der Waals surface area contributed by atoms with Crippen molar-refractivity contribution in [2.24, 2.45) is 0 Å². The van der Waals surface area contributed by atoms with Crippen LogP contribution < -0.4 is 0 Å². The molecule has 0 amide bonds. The number of rotatable bonds is 68. The second-order valence-electron chi connectivity index (χ2n) is 24.9. The SMILES string of the molecule is CCCCCCCCCCCCCCCCCCCCCCCCCCCCCCCCCCCCC(=O)OCC(COC(=O)CCCCCCCCCCCC)OC(=O)CCCCCCCCCCCCCCCCCC. The molecule has 0 fully saturated rings. The molecule has 0 aromatic carbocycles. The molecule has 0 bridgehead atoms. The monoisotopic (exact) mass is 1100 g/mol. The Morgan fingerprint density at radius 2 is 0.346 bits per heavy atom. The van der Waals surface area contributed by atoms with Gasteiger partial charge in [0, 0.05) is 19.3 Å². The molecule has 0 spiro atoms. The van der Waals surface area contributed by atoms with Gasteiger partial charge in [-0.2, -0.15) is 0 Å². The van der Waals surface area contributed by atoms with Crippen LogP contribution in [0.5, 0.6) is 0 Å². The third-order valence-corrected chi connectivity index (χ3v) is 16.9. The van der Waals surface area contributed by atoms with Crippen LogP contribution in [0.25, 0.3) is 0 Å². The largest absolute Gasteiger partial charge is 0.462 e. The molecular formula is C72H140O6. The number of hydrogen-bond acceptors (Lipinski definition) is 6. The highest BCUT2D eigenvalue weighted by Crippen LogP contribution is 2.20. The summed E-state index contributed by atoms with van der Waals surface area (Å²) in [5.74, 6) is -0.827. The second kappa shape index (κ2) is 67.9. The normalized spacial score (nSPS) is 11.9. The van der Waals surface area contributed by atoms with E-state index in [0.717, 1.165) is 57.8 Å². The first-order valence-corrected chi connectivity index (χ1v) is 36.0. The molecule has 0 aromatic heterocycles. The molecule has 0 radical (unpaired) electrons. The van der Waals surface area contributed by atoms with Crippen molar-refractivity contribution in [3.05, 3.63) is 0 Å². The molecule has 0 N–H and O–H groups in total. The molecule has 0 aromatic rings. The van der Waals surface area contributed by atoms with Crippen molar-refractivity contribution >= 4 is 17.9 Å². The number of unbranched alkanes of at least 4 members (excludes halogenated alkanes) is 57. The number of ether oxygens (including phenoxy) is 3. The van der Waals surface area contributed by atoms with E-state index < -0.39 is 6.10 Å². The predicted molar refractivity (Wildman–Crippen MR) is 340 cm³/mol. The maximum atomic E-state index is 12.9. The number of esters is 3. The summed E-state index contributed by atoms with van der Waals surface area (Å²) in [6, 6.07) is 0. The van der Waals surface area contributed by atoms with Crippen molar-refractivity contribution in [2.75, 3.05) is 13.2 Å². The van der Waals surface area contributed by atoms with Crippen LogP contribution in [0.2, 0.25) is 0 Å². The van der Waals surface area contributed by atoms with Crippen molar-refractivity contribution in [1.29, 1.82) is 0 Å². The molecule has 6 heteroatoms. The van der Waals surface area contributed by atoms with Crippen LogP contribution >= 0.6 is 0 Å². The van der Waals surface area contributed by atoms with Gasteiger partial charge in [0.05, 0.1) is 0 Å². The maximum Gasteiger partial charge on any atom is 0.306 e. The third kappa shape index (κ3) is 65.2. The van der Waals surface area contributed by atoms with Gasteiger partial charge in [-0.05, 0) is 19.3 Å². The minimum absolute atomic E-state index is 0.0608. The van der Waals surface area contributed by atoms with Gasteiger partial charge in [-0.3, -0.25) is 14.4 Å². The Bertz CT molecular complexity index is 1170. The van der Waals surface area contributed by atoms with E-state index in [-0.39, 0.29) is 31.1 Å². The van der Waals surface area contributed by atoms with Crippen LogP contribution in [0, 0.1) is 0 Å². The maximum absolute atomic E-state index is 12.9. The fourth-order valence-electron chi connectivity index (χ4n) is 11.5. The first kappa shape index (κ1) is 76.4. The van der Waals surface area contributed by atoms with Gasteiger partial charge < -0.3 is 14.2 Å². The van der Waals surface area contributed by atoms with Crippen LogP contribution in [0.15, 0.2) is 0 Å². The summed E-state index contributed by atoms with van der Waals surface area (Å²) in [6.45, 7) is 6.72. The molecule has 464 valence electrons. The average Bonchev–Trinajstić information content (AvgIpc) is 3.44. The zero-order valence-electron chi connectivity index (χ0n) is 53.5. The van der Waals surface area contributed by atoms with E-state index in [1.807, 2.05) is 0 Å². The molecule has 78 heavy (non-hydrogen) atoms. The van der Waals surface area contributed by atoms with Gasteiger partial charge >= 0.3 is 17.9 Å². The van der Waals surface area contributed by atoms with Crippen molar-refractivity contribution in [3.63, 3.8) is 0 Å². The minimum Gasteiger partial charge on any atom is -0.462 e. The second-order valence-corrected chi connectivity index (χ2v) is 24.9. The van der Waals surface area contributed by atoms with Gasteiger partial charge in [-0.1, -0.05) is 387 Å². The van der Waals surface area contributed by atoms with Gasteiger partial charge in [0.2, 0.25) is 0 Å². The van der Waals surface area contributed by atoms with Crippen LogP contribution in [-0.2, 0) is 28.6 Å². The topological polar surface area (TPSA) is 78.9 Å². The summed E-state index contributed by atoms with van der Waals surface area (Å²) in [7, 11) is 0. The lowest BCUT2D eigenvalue weighted by atomic mass is 10.0. The van der Waals surface area contributed by atoms with E-state index >= 15 is 0 Å². The smallest absolute Gasteiger partial charge is 0.306 e. The molecular weight excluding hydrogens is 961 g/mol. The Kier molecular flexibility index (Phi) is 66.5. The number of hydrogen-bond donors (Lipinski definition) is 0. The number of carbonyl (C=O) groups is 3. The molecule has 1 unspecified atom stereocenters. The summed E-state index contributed by atoms with van der Waals surface area (Å²) >= 11 is 0. The molecule has 6 nitrogen and oxygen atoms in total. The van der Waals surface area contributed by atoms with Crippen molar-refractivity contribution < 1.29 is 28.6 Å². The van der Waals surface area contributed by atoms with E-state index in [9.17, 15) is 14.4 Å². The minimum atomic E-state index is -0.762. The summed E-state index contributed by atoms with van der Waals surface area (Å²) < 4.78 is 16.9. The fraction of sp³-hybridized carbons (Fsp3) is 0.958. The summed E-state index contributed by atoms with van der Waals surface area (Å²) in [5, 5.41) is 0. The first-order chi connectivity index (χ1) is 38.5. The molecule has 0 saturated heterocycles. The highest BCUT2D eigenvalue weighted by atomic mass is 16.6. The molecule has 0 aliphatic rings. The van der Waals surface area contributed by atoms with Crippen molar-refractivity contribution in [3.8, 4) is 0 Å². The summed E-state index contributed by atoms with van der Waals surface area (Å²) in [5.41, 5.74) is 0. The lowest BCUT2D eigenvalue weighted by Gasteiger charge is -2.18. The predicted octanol–water partition coefficient (Wildman–Crippen LogP) is 24.6.